The van der Waals surface area contributed by atoms with Crippen molar-refractivity contribution in [3.63, 3.8) is 0 Å². The topological polar surface area (TPSA) is 59.9 Å². The van der Waals surface area contributed by atoms with Crippen LogP contribution in [0.15, 0.2) is 12.1 Å². The third-order valence-electron chi connectivity index (χ3n) is 2.87. The first kappa shape index (κ1) is 11.4. The molecule has 1 N–H and O–H groups in total. The van der Waals surface area contributed by atoms with Gasteiger partial charge in [-0.3, -0.25) is 4.68 Å². The van der Waals surface area contributed by atoms with E-state index in [0.29, 0.717) is 5.69 Å². The monoisotopic (exact) mass is 233 g/mol. The Morgan fingerprint density at radius 2 is 2.12 bits per heavy atom. The lowest BCUT2D eigenvalue weighted by Crippen LogP contribution is -2.01. The number of carbonyl (C=O) groups is 1. The van der Waals surface area contributed by atoms with Crippen molar-refractivity contribution < 1.29 is 9.53 Å². The van der Waals surface area contributed by atoms with Crippen molar-refractivity contribution in [2.24, 2.45) is 7.05 Å². The highest BCUT2D eigenvalue weighted by Gasteiger charge is 2.15. The third-order valence-corrected chi connectivity index (χ3v) is 2.87. The number of nitrogens with zero attached hydrogens (tertiary/aromatic N) is 2. The summed E-state index contributed by atoms with van der Waals surface area (Å²) < 4.78 is 6.48. The van der Waals surface area contributed by atoms with Gasteiger partial charge < -0.3 is 9.72 Å². The smallest absolute Gasteiger partial charge is 0.354 e. The molecule has 2 aromatic rings. The molecule has 0 saturated carbocycles. The maximum Gasteiger partial charge on any atom is 0.354 e. The molecule has 0 aliphatic carbocycles. The molecule has 2 aromatic heterocycles. The minimum absolute atomic E-state index is 0.365. The molecular formula is C12H15N3O2. The highest BCUT2D eigenvalue weighted by Crippen LogP contribution is 2.25. The van der Waals surface area contributed by atoms with Crippen molar-refractivity contribution in [3.05, 3.63) is 29.2 Å². The number of esters is 1. The van der Waals surface area contributed by atoms with Gasteiger partial charge in [0.25, 0.3) is 0 Å². The molecule has 5 nitrogen and oxygen atoms in total. The minimum atomic E-state index is -0.365. The molecule has 0 atom stereocenters. The number of aryl methyl sites for hydroxylation is 2. The van der Waals surface area contributed by atoms with Gasteiger partial charge in [0.05, 0.1) is 12.8 Å². The van der Waals surface area contributed by atoms with Gasteiger partial charge in [0.15, 0.2) is 0 Å². The van der Waals surface area contributed by atoms with Crippen molar-refractivity contribution >= 4 is 5.97 Å². The molecule has 0 saturated heterocycles. The van der Waals surface area contributed by atoms with Gasteiger partial charge in [0, 0.05) is 24.0 Å². The molecule has 0 radical (unpaired) electrons. The van der Waals surface area contributed by atoms with Crippen molar-refractivity contribution in [2.75, 3.05) is 7.11 Å². The number of rotatable bonds is 2. The number of methoxy groups -OCH3 is 1. The maximum absolute atomic E-state index is 11.4. The number of hydrogen-bond donors (Lipinski definition) is 1. The number of H-pyrrole nitrogens is 1. The fourth-order valence-electron chi connectivity index (χ4n) is 1.93. The van der Waals surface area contributed by atoms with Crippen LogP contribution in [0, 0.1) is 13.8 Å². The molecule has 2 rings (SSSR count). The molecule has 5 heteroatoms. The molecule has 0 aliphatic rings. The summed E-state index contributed by atoms with van der Waals surface area (Å²) in [6.07, 6.45) is 0. The molecule has 90 valence electrons. The molecule has 0 amide bonds. The van der Waals surface area contributed by atoms with E-state index in [2.05, 4.69) is 14.8 Å². The maximum atomic E-state index is 11.4. The molecule has 0 aliphatic heterocycles. The Balaban J connectivity index is 2.47. The van der Waals surface area contributed by atoms with E-state index in [1.807, 2.05) is 31.6 Å². The van der Waals surface area contributed by atoms with Gasteiger partial charge in [-0.05, 0) is 26.0 Å². The summed E-state index contributed by atoms with van der Waals surface area (Å²) in [7, 11) is 3.26. The summed E-state index contributed by atoms with van der Waals surface area (Å²) in [6, 6.07) is 3.58. The summed E-state index contributed by atoms with van der Waals surface area (Å²) in [6.45, 7) is 3.94. The van der Waals surface area contributed by atoms with E-state index in [0.717, 1.165) is 22.6 Å². The first-order valence-corrected chi connectivity index (χ1v) is 5.32. The van der Waals surface area contributed by atoms with Gasteiger partial charge >= 0.3 is 5.97 Å². The van der Waals surface area contributed by atoms with Crippen LogP contribution in [0.4, 0.5) is 0 Å². The molecule has 17 heavy (non-hydrogen) atoms. The van der Waals surface area contributed by atoms with E-state index >= 15 is 0 Å². The van der Waals surface area contributed by atoms with Gasteiger partial charge in [-0.1, -0.05) is 0 Å². The van der Waals surface area contributed by atoms with Crippen molar-refractivity contribution in [2.45, 2.75) is 13.8 Å². The number of ether oxygens (including phenoxy) is 1. The molecule has 2 heterocycles. The number of aromatic amines is 1. The van der Waals surface area contributed by atoms with Crippen molar-refractivity contribution in [1.82, 2.24) is 14.8 Å². The van der Waals surface area contributed by atoms with Crippen LogP contribution in [-0.2, 0) is 11.8 Å². The lowest BCUT2D eigenvalue weighted by Gasteiger charge is -1.99. The summed E-state index contributed by atoms with van der Waals surface area (Å²) in [5, 5.41) is 4.34. The van der Waals surface area contributed by atoms with Crippen LogP contribution in [0.5, 0.6) is 0 Å². The first-order valence-electron chi connectivity index (χ1n) is 5.32. The van der Waals surface area contributed by atoms with Crippen molar-refractivity contribution in [3.8, 4) is 11.3 Å². The van der Waals surface area contributed by atoms with Crippen LogP contribution in [-0.4, -0.2) is 27.8 Å². The number of aromatic nitrogens is 3. The van der Waals surface area contributed by atoms with Crippen LogP contribution >= 0.6 is 0 Å². The first-order chi connectivity index (χ1) is 8.04. The number of nitrogens with one attached hydrogen (secondary N) is 1. The third kappa shape index (κ3) is 1.84. The second kappa shape index (κ2) is 4.08. The fourth-order valence-corrected chi connectivity index (χ4v) is 1.93. The minimum Gasteiger partial charge on any atom is -0.464 e. The Morgan fingerprint density at radius 3 is 2.65 bits per heavy atom. The van der Waals surface area contributed by atoms with Crippen LogP contribution in [0.1, 0.15) is 21.9 Å². The standard InChI is InChI=1S/C12H15N3O2/c1-7-11(8(2)15(3)14-7)9-5-6-10(13-9)12(16)17-4/h5-6,13H,1-4H3. The zero-order valence-electron chi connectivity index (χ0n) is 10.4. The normalized spacial score (nSPS) is 10.6. The quantitative estimate of drug-likeness (QED) is 0.805. The molecule has 0 unspecified atom stereocenters. The second-order valence-electron chi connectivity index (χ2n) is 3.95. The average molecular weight is 233 g/mol. The van der Waals surface area contributed by atoms with Crippen LogP contribution in [0.25, 0.3) is 11.3 Å². The Hall–Kier alpha value is -2.04. The Morgan fingerprint density at radius 1 is 1.41 bits per heavy atom. The predicted molar refractivity (Wildman–Crippen MR) is 63.8 cm³/mol. The molecule has 0 bridgehead atoms. The molecular weight excluding hydrogens is 218 g/mol. The molecule has 0 aromatic carbocycles. The Bertz CT molecular complexity index is 566. The zero-order chi connectivity index (χ0) is 12.6. The Kier molecular flexibility index (Phi) is 2.75. The lowest BCUT2D eigenvalue weighted by atomic mass is 10.1. The summed E-state index contributed by atoms with van der Waals surface area (Å²) in [4.78, 5) is 14.4. The van der Waals surface area contributed by atoms with E-state index in [-0.39, 0.29) is 5.97 Å². The highest BCUT2D eigenvalue weighted by atomic mass is 16.5. The average Bonchev–Trinajstić information content (AvgIpc) is 2.85. The van der Waals surface area contributed by atoms with Crippen LogP contribution in [0.3, 0.4) is 0 Å². The van der Waals surface area contributed by atoms with E-state index in [1.165, 1.54) is 7.11 Å². The molecule has 0 spiro atoms. The lowest BCUT2D eigenvalue weighted by molar-refractivity contribution is 0.0595. The van der Waals surface area contributed by atoms with Crippen LogP contribution in [0.2, 0.25) is 0 Å². The van der Waals surface area contributed by atoms with Gasteiger partial charge in [0.2, 0.25) is 0 Å². The van der Waals surface area contributed by atoms with Gasteiger partial charge in [0.1, 0.15) is 5.69 Å². The second-order valence-corrected chi connectivity index (χ2v) is 3.95. The highest BCUT2D eigenvalue weighted by molar-refractivity contribution is 5.88. The summed E-state index contributed by atoms with van der Waals surface area (Å²) >= 11 is 0. The van der Waals surface area contributed by atoms with E-state index in [4.69, 9.17) is 0 Å². The fraction of sp³-hybridized carbons (Fsp3) is 0.333. The van der Waals surface area contributed by atoms with E-state index in [1.54, 1.807) is 6.07 Å². The molecule has 0 fully saturated rings. The predicted octanol–water partition coefficient (Wildman–Crippen LogP) is 1.82. The van der Waals surface area contributed by atoms with Gasteiger partial charge in [-0.15, -0.1) is 0 Å². The number of hydrogen-bond acceptors (Lipinski definition) is 3. The van der Waals surface area contributed by atoms with E-state index in [9.17, 15) is 4.79 Å². The summed E-state index contributed by atoms with van der Waals surface area (Å²) in [5.41, 5.74) is 4.35. The van der Waals surface area contributed by atoms with Crippen LogP contribution < -0.4 is 0 Å². The van der Waals surface area contributed by atoms with Gasteiger partial charge in [-0.2, -0.15) is 5.10 Å². The van der Waals surface area contributed by atoms with E-state index < -0.39 is 0 Å². The number of carbonyl (C=O) groups excluding carboxylic acids is 1. The van der Waals surface area contributed by atoms with Crippen molar-refractivity contribution in [1.29, 1.82) is 0 Å². The largest absolute Gasteiger partial charge is 0.464 e. The SMILES string of the molecule is COC(=O)c1ccc(-c2c(C)nn(C)c2C)[nH]1. The zero-order valence-corrected chi connectivity index (χ0v) is 10.4. The Labute approximate surface area is 99.4 Å². The summed E-state index contributed by atoms with van der Waals surface area (Å²) in [5.74, 6) is -0.365. The van der Waals surface area contributed by atoms with Gasteiger partial charge in [-0.25, -0.2) is 4.79 Å².